The molecule has 0 aromatic rings. The van der Waals surface area contributed by atoms with Gasteiger partial charge in [-0.25, -0.2) is 30.0 Å². The Hall–Kier alpha value is -1.20. The molecule has 10 atom stereocenters. The fraction of sp³-hybridized carbons (Fsp3) is 0.917. The van der Waals surface area contributed by atoms with Crippen LogP contribution in [-0.4, -0.2) is 133 Å². The van der Waals surface area contributed by atoms with Crippen molar-refractivity contribution in [1.82, 2.24) is 4.72 Å². The van der Waals surface area contributed by atoms with Gasteiger partial charge in [0.1, 0.15) is 42.7 Å². The Bertz CT molecular complexity index is 1100. The minimum atomic E-state index is -5.75. The van der Waals surface area contributed by atoms with Gasteiger partial charge in [-0.3, -0.25) is 8.37 Å². The van der Waals surface area contributed by atoms with Crippen LogP contribution in [0.15, 0.2) is 0 Å². The molecule has 2 saturated heterocycles. The molecule has 5 N–H and O–H groups in total. The number of aliphatic hydroxyl groups is 4. The molecule has 2 heterocycles. The van der Waals surface area contributed by atoms with Gasteiger partial charge < -0.3 is 58.2 Å². The van der Waals surface area contributed by atoms with Crippen molar-refractivity contribution in [3.05, 3.63) is 0 Å². The largest absolute Gasteiger partial charge is 0.735 e. The molecule has 21 nitrogen and oxygen atoms in total. The molecule has 0 aromatic carbocycles. The van der Waals surface area contributed by atoms with Gasteiger partial charge in [-0.1, -0.05) is 0 Å². The number of nitrogens with one attached hydrogen (secondary N) is 1. The Morgan fingerprint density at radius 2 is 1.44 bits per heavy atom. The summed E-state index contributed by atoms with van der Waals surface area (Å²) in [4.78, 5) is 11.2. The molecule has 2 aliphatic rings. The zero-order chi connectivity index (χ0) is 27.8. The lowest BCUT2D eigenvalue weighted by molar-refractivity contribution is -0.362. The molecule has 0 saturated carbocycles. The van der Waals surface area contributed by atoms with E-state index in [4.69, 9.17) is 14.2 Å². The van der Waals surface area contributed by atoms with E-state index in [9.17, 15) is 69.2 Å². The highest BCUT2D eigenvalue weighted by atomic mass is 32.3. The van der Waals surface area contributed by atoms with E-state index in [0.717, 1.165) is 0 Å². The normalized spacial score (nSPS) is 38.5. The highest BCUT2D eigenvalue weighted by Crippen LogP contribution is 2.31. The summed E-state index contributed by atoms with van der Waals surface area (Å²) in [7, 11) is -16.7. The van der Waals surface area contributed by atoms with E-state index < -0.39 is 105 Å². The number of hydrogen-bond acceptors (Lipinski definition) is 20. The molecule has 24 heteroatoms. The van der Waals surface area contributed by atoms with Crippen molar-refractivity contribution < 1.29 is 91.8 Å². The molecule has 0 radical (unpaired) electrons. The van der Waals surface area contributed by atoms with Gasteiger partial charge in [-0.15, -0.1) is 0 Å². The van der Waals surface area contributed by atoms with Crippen molar-refractivity contribution in [2.75, 3.05) is 6.61 Å². The maximum Gasteiger partial charge on any atom is 0.218 e. The Kier molecular flexibility index (Phi) is 9.71. The second-order valence-corrected chi connectivity index (χ2v) is 10.3. The molecular formula is C12H17NO20S3-4. The van der Waals surface area contributed by atoms with Crippen LogP contribution in [0, 0.1) is 0 Å². The maximum atomic E-state index is 11.2. The summed E-state index contributed by atoms with van der Waals surface area (Å²) in [6.07, 6.45) is -22.1. The number of carboxylic acid groups (broad SMARTS) is 1. The molecule has 0 aliphatic carbocycles. The van der Waals surface area contributed by atoms with E-state index in [1.165, 1.54) is 4.72 Å². The average Bonchev–Trinajstić information content (AvgIpc) is 2.68. The SMILES string of the molecule is O=C([O-])C1OC(OC2C(COS(=O)(=O)[O-])OC(O)C(NS(=O)(=O)[O-])C2O)C(OS(=O)(=O)[O-])C(O)C1O. The first-order chi connectivity index (χ1) is 16.2. The van der Waals surface area contributed by atoms with Gasteiger partial charge in [0.25, 0.3) is 0 Å². The molecular weight excluding hydrogens is 574 g/mol. The molecule has 10 unspecified atom stereocenters. The van der Waals surface area contributed by atoms with E-state index in [1.807, 2.05) is 0 Å². The van der Waals surface area contributed by atoms with Crippen molar-refractivity contribution in [3.63, 3.8) is 0 Å². The number of aliphatic carboxylic acids is 1. The molecule has 36 heavy (non-hydrogen) atoms. The minimum Gasteiger partial charge on any atom is -0.735 e. The number of hydrogen-bond donors (Lipinski definition) is 5. The van der Waals surface area contributed by atoms with Gasteiger partial charge in [-0.2, -0.15) is 0 Å². The lowest BCUT2D eigenvalue weighted by Gasteiger charge is -2.47. The first-order valence-corrected chi connectivity index (χ1v) is 13.1. The zero-order valence-electron chi connectivity index (χ0n) is 17.0. The topological polar surface area (TPSA) is 351 Å². The third kappa shape index (κ3) is 8.41. The minimum absolute atomic E-state index is 1.19. The molecule has 0 bridgehead atoms. The standard InChI is InChI=1S/C12H21NO20S3/c14-4-3(13-34(20,21)22)11(19)30-2(1-29-35(23,24)25)7(4)31-12-9(33-36(26,27)28)6(16)5(15)8(32-12)10(17)18/h2-9,11-16,19H,1H2,(H,17,18)(H,20,21,22)(H,23,24,25)(H,26,27,28)/p-4. The highest BCUT2D eigenvalue weighted by Gasteiger charge is 2.52. The van der Waals surface area contributed by atoms with Gasteiger partial charge in [0, 0.05) is 0 Å². The van der Waals surface area contributed by atoms with E-state index in [-0.39, 0.29) is 0 Å². The van der Waals surface area contributed by atoms with Crippen LogP contribution in [-0.2, 0) is 58.5 Å². The van der Waals surface area contributed by atoms with Crippen LogP contribution in [0.4, 0.5) is 0 Å². The number of aliphatic hydroxyl groups excluding tert-OH is 4. The molecule has 0 aromatic heterocycles. The predicted octanol–water partition coefficient (Wildman–Crippen LogP) is -8.61. The van der Waals surface area contributed by atoms with E-state index >= 15 is 0 Å². The highest BCUT2D eigenvalue weighted by molar-refractivity contribution is 7.83. The third-order valence-electron chi connectivity index (χ3n) is 4.65. The van der Waals surface area contributed by atoms with Crippen molar-refractivity contribution in [2.45, 2.75) is 61.3 Å². The van der Waals surface area contributed by atoms with Gasteiger partial charge in [0.05, 0.1) is 12.6 Å². The summed E-state index contributed by atoms with van der Waals surface area (Å²) < 4.78 is 122. The van der Waals surface area contributed by atoms with Gasteiger partial charge in [-0.05, 0) is 0 Å². The average molecular weight is 591 g/mol. The second kappa shape index (κ2) is 11.3. The monoisotopic (exact) mass is 591 g/mol. The predicted molar refractivity (Wildman–Crippen MR) is 94.3 cm³/mol. The number of carbonyl (C=O) groups excluding carboxylic acids is 1. The summed E-state index contributed by atoms with van der Waals surface area (Å²) in [5, 5.41) is 51.5. The van der Waals surface area contributed by atoms with Crippen molar-refractivity contribution in [2.24, 2.45) is 0 Å². The van der Waals surface area contributed by atoms with E-state index in [0.29, 0.717) is 0 Å². The summed E-state index contributed by atoms with van der Waals surface area (Å²) >= 11 is 0. The first-order valence-electron chi connectivity index (χ1n) is 9.07. The maximum absolute atomic E-state index is 11.2. The lowest BCUT2D eigenvalue weighted by Crippen LogP contribution is -2.68. The Balaban J connectivity index is 2.46. The van der Waals surface area contributed by atoms with Crippen molar-refractivity contribution in [1.29, 1.82) is 0 Å². The second-order valence-electron chi connectivity index (χ2n) is 7.14. The summed E-state index contributed by atoms with van der Waals surface area (Å²) in [5.74, 6) is -2.22. The summed E-state index contributed by atoms with van der Waals surface area (Å²) in [6.45, 7) is -1.39. The van der Waals surface area contributed by atoms with Crippen molar-refractivity contribution in [3.8, 4) is 0 Å². The van der Waals surface area contributed by atoms with Crippen LogP contribution < -0.4 is 9.83 Å². The van der Waals surface area contributed by atoms with Crippen LogP contribution in [0.1, 0.15) is 0 Å². The fourth-order valence-corrected chi connectivity index (χ4v) is 4.58. The zero-order valence-corrected chi connectivity index (χ0v) is 19.5. The Labute approximate surface area is 201 Å². The van der Waals surface area contributed by atoms with Crippen LogP contribution in [0.5, 0.6) is 0 Å². The molecule has 0 amide bonds. The lowest BCUT2D eigenvalue weighted by atomic mass is 9.96. The number of carbonyl (C=O) groups is 1. The molecule has 0 spiro atoms. The third-order valence-corrected chi connectivity index (χ3v) is 6.09. The van der Waals surface area contributed by atoms with Gasteiger partial charge in [0.15, 0.2) is 29.0 Å². The van der Waals surface area contributed by atoms with Gasteiger partial charge in [0.2, 0.25) is 20.8 Å². The summed E-state index contributed by atoms with van der Waals surface area (Å²) in [5.41, 5.74) is 0. The van der Waals surface area contributed by atoms with Crippen LogP contribution in [0.3, 0.4) is 0 Å². The number of rotatable bonds is 10. The number of ether oxygens (including phenoxy) is 3. The molecule has 2 rings (SSSR count). The summed E-state index contributed by atoms with van der Waals surface area (Å²) in [6, 6.07) is -2.30. The molecule has 2 fully saturated rings. The fourth-order valence-electron chi connectivity index (χ4n) is 3.22. The Morgan fingerprint density at radius 3 is 1.92 bits per heavy atom. The first kappa shape index (κ1) is 31.0. The quantitative estimate of drug-likeness (QED) is 0.116. The van der Waals surface area contributed by atoms with Crippen LogP contribution >= 0.6 is 0 Å². The smallest absolute Gasteiger partial charge is 0.218 e. The molecule has 212 valence electrons. The van der Waals surface area contributed by atoms with Crippen molar-refractivity contribution >= 4 is 37.1 Å². The van der Waals surface area contributed by atoms with E-state index in [2.05, 4.69) is 8.37 Å². The van der Waals surface area contributed by atoms with Gasteiger partial charge >= 0.3 is 0 Å². The van der Waals surface area contributed by atoms with Crippen LogP contribution in [0.25, 0.3) is 0 Å². The van der Waals surface area contributed by atoms with E-state index in [1.54, 1.807) is 0 Å². The number of carboxylic acids is 1. The van der Waals surface area contributed by atoms with Crippen LogP contribution in [0.2, 0.25) is 0 Å². The Morgan fingerprint density at radius 1 is 0.861 bits per heavy atom. The molecule has 2 aliphatic heterocycles.